The molecule has 1 saturated heterocycles. The average molecular weight is 326 g/mol. The Balaban J connectivity index is 1.52. The Morgan fingerprint density at radius 1 is 1.25 bits per heavy atom. The molecule has 0 bridgehead atoms. The lowest BCUT2D eigenvalue weighted by atomic mass is 9.87. The van der Waals surface area contributed by atoms with Crippen LogP contribution in [-0.2, 0) is 4.79 Å². The zero-order valence-corrected chi connectivity index (χ0v) is 14.7. The maximum Gasteiger partial charge on any atom is 0.238 e. The SMILES string of the molecule is Cc1ccccc1C1CCN(CC(=O)Nc2c(C)n[nH]c2C)CC1. The fourth-order valence-corrected chi connectivity index (χ4v) is 3.56. The zero-order valence-electron chi connectivity index (χ0n) is 14.7. The first-order valence-corrected chi connectivity index (χ1v) is 8.64. The molecular formula is C19H26N4O. The number of carbonyl (C=O) groups excluding carboxylic acids is 1. The van der Waals surface area contributed by atoms with Crippen LogP contribution in [0.4, 0.5) is 5.69 Å². The van der Waals surface area contributed by atoms with E-state index in [9.17, 15) is 4.79 Å². The van der Waals surface area contributed by atoms with Gasteiger partial charge in [-0.05, 0) is 63.7 Å². The van der Waals surface area contributed by atoms with Crippen molar-refractivity contribution in [1.82, 2.24) is 15.1 Å². The van der Waals surface area contributed by atoms with Crippen molar-refractivity contribution >= 4 is 11.6 Å². The number of rotatable bonds is 4. The van der Waals surface area contributed by atoms with Crippen LogP contribution >= 0.6 is 0 Å². The van der Waals surface area contributed by atoms with Gasteiger partial charge >= 0.3 is 0 Å². The molecular weight excluding hydrogens is 300 g/mol. The molecule has 0 aliphatic carbocycles. The van der Waals surface area contributed by atoms with E-state index in [0.29, 0.717) is 12.5 Å². The third-order valence-corrected chi connectivity index (χ3v) is 4.98. The van der Waals surface area contributed by atoms with Gasteiger partial charge in [0.15, 0.2) is 0 Å². The third kappa shape index (κ3) is 3.67. The van der Waals surface area contributed by atoms with E-state index in [1.54, 1.807) is 0 Å². The van der Waals surface area contributed by atoms with Gasteiger partial charge in [-0.3, -0.25) is 14.8 Å². The molecule has 1 amide bonds. The van der Waals surface area contributed by atoms with Crippen molar-refractivity contribution in [3.8, 4) is 0 Å². The van der Waals surface area contributed by atoms with Gasteiger partial charge in [0.25, 0.3) is 0 Å². The minimum absolute atomic E-state index is 0.0388. The zero-order chi connectivity index (χ0) is 17.1. The molecule has 0 spiro atoms. The highest BCUT2D eigenvalue weighted by molar-refractivity contribution is 5.93. The summed E-state index contributed by atoms with van der Waals surface area (Å²) in [5.74, 6) is 0.654. The molecule has 24 heavy (non-hydrogen) atoms. The number of amides is 1. The average Bonchev–Trinajstić information content (AvgIpc) is 2.88. The van der Waals surface area contributed by atoms with Crippen LogP contribution in [-0.4, -0.2) is 40.6 Å². The van der Waals surface area contributed by atoms with E-state index in [1.165, 1.54) is 11.1 Å². The highest BCUT2D eigenvalue weighted by atomic mass is 16.2. The molecule has 0 saturated carbocycles. The first kappa shape index (κ1) is 16.7. The molecule has 1 aliphatic heterocycles. The van der Waals surface area contributed by atoms with E-state index in [0.717, 1.165) is 43.0 Å². The van der Waals surface area contributed by atoms with Crippen molar-refractivity contribution < 1.29 is 4.79 Å². The van der Waals surface area contributed by atoms with E-state index in [-0.39, 0.29) is 5.91 Å². The Kier molecular flexibility index (Phi) is 5.00. The second-order valence-electron chi connectivity index (χ2n) is 6.76. The smallest absolute Gasteiger partial charge is 0.238 e. The summed E-state index contributed by atoms with van der Waals surface area (Å²) in [5, 5.41) is 9.99. The van der Waals surface area contributed by atoms with Gasteiger partial charge in [-0.2, -0.15) is 5.10 Å². The Bertz CT molecular complexity index is 694. The van der Waals surface area contributed by atoms with Crippen LogP contribution < -0.4 is 5.32 Å². The minimum atomic E-state index is 0.0388. The fourth-order valence-electron chi connectivity index (χ4n) is 3.56. The molecule has 5 heteroatoms. The summed E-state index contributed by atoms with van der Waals surface area (Å²) in [6.45, 7) is 8.39. The van der Waals surface area contributed by atoms with Crippen LogP contribution in [0.25, 0.3) is 0 Å². The molecule has 1 aromatic heterocycles. The largest absolute Gasteiger partial charge is 0.322 e. The molecule has 128 valence electrons. The summed E-state index contributed by atoms with van der Waals surface area (Å²) in [7, 11) is 0. The lowest BCUT2D eigenvalue weighted by Crippen LogP contribution is -2.38. The van der Waals surface area contributed by atoms with Crippen LogP contribution in [0.3, 0.4) is 0 Å². The molecule has 2 heterocycles. The van der Waals surface area contributed by atoms with Gasteiger partial charge < -0.3 is 5.32 Å². The number of aryl methyl sites for hydroxylation is 3. The summed E-state index contributed by atoms with van der Waals surface area (Å²) in [5.41, 5.74) is 5.39. The predicted molar refractivity (Wildman–Crippen MR) is 96.3 cm³/mol. The lowest BCUT2D eigenvalue weighted by molar-refractivity contribution is -0.117. The number of H-pyrrole nitrogens is 1. The van der Waals surface area contributed by atoms with Crippen molar-refractivity contribution in [3.05, 3.63) is 46.8 Å². The van der Waals surface area contributed by atoms with Crippen molar-refractivity contribution in [2.75, 3.05) is 25.0 Å². The van der Waals surface area contributed by atoms with Gasteiger partial charge in [-0.1, -0.05) is 24.3 Å². The van der Waals surface area contributed by atoms with E-state index in [2.05, 4.69) is 51.6 Å². The molecule has 0 unspecified atom stereocenters. The third-order valence-electron chi connectivity index (χ3n) is 4.98. The quantitative estimate of drug-likeness (QED) is 0.907. The molecule has 0 radical (unpaired) electrons. The molecule has 2 N–H and O–H groups in total. The van der Waals surface area contributed by atoms with Gasteiger partial charge in [-0.25, -0.2) is 0 Å². The Morgan fingerprint density at radius 2 is 1.96 bits per heavy atom. The summed E-state index contributed by atoms with van der Waals surface area (Å²) < 4.78 is 0. The van der Waals surface area contributed by atoms with Gasteiger partial charge in [0.2, 0.25) is 5.91 Å². The second-order valence-corrected chi connectivity index (χ2v) is 6.76. The van der Waals surface area contributed by atoms with E-state index >= 15 is 0 Å². The molecule has 5 nitrogen and oxygen atoms in total. The number of aromatic amines is 1. The Morgan fingerprint density at radius 3 is 2.58 bits per heavy atom. The number of nitrogens with zero attached hydrogens (tertiary/aromatic N) is 2. The number of aromatic nitrogens is 2. The van der Waals surface area contributed by atoms with Crippen LogP contribution in [0.5, 0.6) is 0 Å². The van der Waals surface area contributed by atoms with Crippen LogP contribution in [0.2, 0.25) is 0 Å². The van der Waals surface area contributed by atoms with Crippen LogP contribution in [0, 0.1) is 20.8 Å². The molecule has 2 aromatic rings. The predicted octanol–water partition coefficient (Wildman–Crippen LogP) is 3.15. The topological polar surface area (TPSA) is 61.0 Å². The van der Waals surface area contributed by atoms with Crippen LogP contribution in [0.15, 0.2) is 24.3 Å². The number of likely N-dealkylation sites (tertiary alicyclic amines) is 1. The summed E-state index contributed by atoms with van der Waals surface area (Å²) >= 11 is 0. The van der Waals surface area contributed by atoms with E-state index < -0.39 is 0 Å². The Labute approximate surface area is 143 Å². The molecule has 1 aromatic carbocycles. The standard InChI is InChI=1S/C19H26N4O/c1-13-6-4-5-7-17(13)16-8-10-23(11-9-16)12-18(24)20-19-14(2)21-22-15(19)3/h4-7,16H,8-12H2,1-3H3,(H,20,24)(H,21,22). The van der Waals surface area contributed by atoms with Crippen molar-refractivity contribution in [1.29, 1.82) is 0 Å². The molecule has 3 rings (SSSR count). The molecule has 1 aliphatic rings. The van der Waals surface area contributed by atoms with Crippen molar-refractivity contribution in [3.63, 3.8) is 0 Å². The number of benzene rings is 1. The first-order chi connectivity index (χ1) is 11.5. The Hall–Kier alpha value is -2.14. The number of hydrogen-bond acceptors (Lipinski definition) is 3. The monoisotopic (exact) mass is 326 g/mol. The maximum atomic E-state index is 12.3. The van der Waals surface area contributed by atoms with Crippen molar-refractivity contribution in [2.24, 2.45) is 0 Å². The van der Waals surface area contributed by atoms with Gasteiger partial charge in [0, 0.05) is 0 Å². The number of nitrogens with one attached hydrogen (secondary N) is 2. The van der Waals surface area contributed by atoms with Gasteiger partial charge in [0.1, 0.15) is 0 Å². The normalized spacial score (nSPS) is 16.3. The highest BCUT2D eigenvalue weighted by Crippen LogP contribution is 2.30. The molecule has 0 atom stereocenters. The second kappa shape index (κ2) is 7.18. The van der Waals surface area contributed by atoms with Gasteiger partial charge in [-0.15, -0.1) is 0 Å². The van der Waals surface area contributed by atoms with E-state index in [1.807, 2.05) is 13.8 Å². The lowest BCUT2D eigenvalue weighted by Gasteiger charge is -2.32. The van der Waals surface area contributed by atoms with Crippen LogP contribution in [0.1, 0.15) is 41.3 Å². The maximum absolute atomic E-state index is 12.3. The minimum Gasteiger partial charge on any atom is -0.322 e. The summed E-state index contributed by atoms with van der Waals surface area (Å²) in [6.07, 6.45) is 2.23. The van der Waals surface area contributed by atoms with Gasteiger partial charge in [0.05, 0.1) is 23.6 Å². The number of anilines is 1. The fraction of sp³-hybridized carbons (Fsp3) is 0.474. The molecule has 1 fully saturated rings. The number of carbonyl (C=O) groups is 1. The first-order valence-electron chi connectivity index (χ1n) is 8.64. The number of hydrogen-bond donors (Lipinski definition) is 2. The summed E-state index contributed by atoms with van der Waals surface area (Å²) in [4.78, 5) is 14.5. The van der Waals surface area contributed by atoms with Crippen molar-refractivity contribution in [2.45, 2.75) is 39.5 Å². The summed E-state index contributed by atoms with van der Waals surface area (Å²) in [6, 6.07) is 8.65. The number of piperidine rings is 1. The highest BCUT2D eigenvalue weighted by Gasteiger charge is 2.23. The van der Waals surface area contributed by atoms with E-state index in [4.69, 9.17) is 0 Å².